The molecule has 0 atom stereocenters. The van der Waals surface area contributed by atoms with Crippen LogP contribution < -0.4 is 0 Å². The highest BCUT2D eigenvalue weighted by atomic mass is 16.5. The van der Waals surface area contributed by atoms with Crippen molar-refractivity contribution in [1.82, 2.24) is 0 Å². The molecule has 0 bridgehead atoms. The largest absolute Gasteiger partial charge is 0.504 e. The number of hydrogen-bond acceptors (Lipinski definition) is 1. The highest BCUT2D eigenvalue weighted by molar-refractivity contribution is 4.97. The molecule has 1 heteroatoms. The molecule has 0 amide bonds. The van der Waals surface area contributed by atoms with E-state index in [1.807, 2.05) is 6.26 Å². The van der Waals surface area contributed by atoms with Gasteiger partial charge in [-0.3, -0.25) is 0 Å². The molecular weight excluding hydrogens is 220 g/mol. The normalized spacial score (nSPS) is 10.4. The Morgan fingerprint density at radius 1 is 0.722 bits per heavy atom. The smallest absolute Gasteiger partial charge is 0.0816 e. The molecule has 0 aliphatic rings. The lowest BCUT2D eigenvalue weighted by Gasteiger charge is -2.07. The van der Waals surface area contributed by atoms with Crippen molar-refractivity contribution >= 4 is 0 Å². The van der Waals surface area contributed by atoms with Crippen LogP contribution in [0.5, 0.6) is 0 Å². The Hall–Kier alpha value is -0.460. The van der Waals surface area contributed by atoms with Crippen LogP contribution in [0.2, 0.25) is 0 Å². The molecule has 0 saturated heterocycles. The van der Waals surface area contributed by atoms with Gasteiger partial charge >= 0.3 is 0 Å². The van der Waals surface area contributed by atoms with E-state index in [9.17, 15) is 0 Å². The maximum atomic E-state index is 5.20. The summed E-state index contributed by atoms with van der Waals surface area (Å²) in [4.78, 5) is 0. The second kappa shape index (κ2) is 14.6. The molecule has 18 heavy (non-hydrogen) atoms. The quantitative estimate of drug-likeness (QED) is 0.279. The predicted molar refractivity (Wildman–Crippen MR) is 81.8 cm³/mol. The van der Waals surface area contributed by atoms with Crippen LogP contribution in [-0.2, 0) is 4.74 Å². The van der Waals surface area contributed by atoms with Crippen molar-refractivity contribution in [2.75, 3.05) is 7.11 Å². The predicted octanol–water partition coefficient (Wildman–Crippen LogP) is 6.24. The number of methoxy groups -OCH3 is 1. The van der Waals surface area contributed by atoms with Gasteiger partial charge in [0.05, 0.1) is 13.4 Å². The Kier molecular flexibility index (Phi) is 14.2. The Morgan fingerprint density at radius 2 is 1.17 bits per heavy atom. The first-order valence-electron chi connectivity index (χ1n) is 8.05. The molecule has 0 radical (unpaired) electrons. The van der Waals surface area contributed by atoms with Crippen LogP contribution in [0.1, 0.15) is 90.9 Å². The van der Waals surface area contributed by atoms with E-state index in [1.165, 1.54) is 82.6 Å². The summed E-state index contributed by atoms with van der Waals surface area (Å²) in [7, 11) is 1.77. The molecule has 1 nitrogen and oxygen atoms in total. The van der Waals surface area contributed by atoms with E-state index in [2.05, 4.69) is 13.8 Å². The zero-order valence-electron chi connectivity index (χ0n) is 13.0. The second-order valence-corrected chi connectivity index (χ2v) is 5.34. The summed E-state index contributed by atoms with van der Waals surface area (Å²) in [5.74, 6) is 0. The Labute approximate surface area is 115 Å². The van der Waals surface area contributed by atoms with Crippen molar-refractivity contribution in [3.05, 3.63) is 11.8 Å². The first kappa shape index (κ1) is 17.5. The zero-order valence-corrected chi connectivity index (χ0v) is 13.0. The highest BCUT2D eigenvalue weighted by Gasteiger charge is 1.99. The standard InChI is InChI=1S/C17H34O/c1-4-6-8-10-12-14-17(16-18-3)15-13-11-9-7-5-2/h16H,4-15H2,1-3H3. The van der Waals surface area contributed by atoms with Gasteiger partial charge in [-0.2, -0.15) is 0 Å². The van der Waals surface area contributed by atoms with Gasteiger partial charge in [0.15, 0.2) is 0 Å². The van der Waals surface area contributed by atoms with Crippen LogP contribution >= 0.6 is 0 Å². The summed E-state index contributed by atoms with van der Waals surface area (Å²) in [6.45, 7) is 4.54. The highest BCUT2D eigenvalue weighted by Crippen LogP contribution is 2.18. The number of rotatable bonds is 13. The summed E-state index contributed by atoms with van der Waals surface area (Å²) >= 11 is 0. The Balaban J connectivity index is 3.56. The topological polar surface area (TPSA) is 9.23 Å². The molecule has 0 aliphatic carbocycles. The average Bonchev–Trinajstić information content (AvgIpc) is 2.38. The first-order chi connectivity index (χ1) is 8.85. The average molecular weight is 254 g/mol. The molecule has 0 aromatic rings. The fourth-order valence-electron chi connectivity index (χ4n) is 2.32. The van der Waals surface area contributed by atoms with Gasteiger partial charge in [-0.05, 0) is 31.3 Å². The molecule has 0 saturated carbocycles. The molecule has 0 aliphatic heterocycles. The van der Waals surface area contributed by atoms with E-state index in [0.29, 0.717) is 0 Å². The Bertz CT molecular complexity index is 168. The van der Waals surface area contributed by atoms with Gasteiger partial charge in [0, 0.05) is 0 Å². The van der Waals surface area contributed by atoms with E-state index in [4.69, 9.17) is 4.74 Å². The SMILES string of the molecule is CCCCCCCC(=COC)CCCCCCC. The molecular formula is C17H34O. The fourth-order valence-corrected chi connectivity index (χ4v) is 2.32. The van der Waals surface area contributed by atoms with Crippen molar-refractivity contribution in [3.63, 3.8) is 0 Å². The molecule has 0 fully saturated rings. The van der Waals surface area contributed by atoms with Crippen molar-refractivity contribution < 1.29 is 4.74 Å². The lowest BCUT2D eigenvalue weighted by atomic mass is 10.0. The number of hydrogen-bond donors (Lipinski definition) is 0. The lowest BCUT2D eigenvalue weighted by molar-refractivity contribution is 0.330. The van der Waals surface area contributed by atoms with Gasteiger partial charge in [-0.15, -0.1) is 0 Å². The second-order valence-electron chi connectivity index (χ2n) is 5.34. The maximum Gasteiger partial charge on any atom is 0.0816 e. The van der Waals surface area contributed by atoms with Crippen LogP contribution in [0.4, 0.5) is 0 Å². The van der Waals surface area contributed by atoms with E-state index >= 15 is 0 Å². The molecule has 0 unspecified atom stereocenters. The number of ether oxygens (including phenoxy) is 1. The first-order valence-corrected chi connectivity index (χ1v) is 8.05. The van der Waals surface area contributed by atoms with Crippen molar-refractivity contribution in [1.29, 1.82) is 0 Å². The van der Waals surface area contributed by atoms with E-state index in [0.717, 1.165) is 0 Å². The summed E-state index contributed by atoms with van der Waals surface area (Å²) in [6.07, 6.45) is 18.1. The minimum absolute atomic E-state index is 1.24. The van der Waals surface area contributed by atoms with Crippen LogP contribution in [-0.4, -0.2) is 7.11 Å². The molecule has 108 valence electrons. The summed E-state index contributed by atoms with van der Waals surface area (Å²) in [5.41, 5.74) is 1.52. The third-order valence-electron chi connectivity index (χ3n) is 3.49. The molecule has 0 aromatic heterocycles. The third kappa shape index (κ3) is 12.0. The van der Waals surface area contributed by atoms with Crippen LogP contribution in [0.3, 0.4) is 0 Å². The number of unbranched alkanes of at least 4 members (excludes halogenated alkanes) is 8. The lowest BCUT2D eigenvalue weighted by Crippen LogP contribution is -1.89. The van der Waals surface area contributed by atoms with Gasteiger partial charge in [0.1, 0.15) is 0 Å². The van der Waals surface area contributed by atoms with Gasteiger partial charge in [0.2, 0.25) is 0 Å². The maximum absolute atomic E-state index is 5.20. The van der Waals surface area contributed by atoms with Crippen LogP contribution in [0.15, 0.2) is 11.8 Å². The minimum Gasteiger partial charge on any atom is -0.504 e. The van der Waals surface area contributed by atoms with E-state index in [1.54, 1.807) is 7.11 Å². The van der Waals surface area contributed by atoms with E-state index in [-0.39, 0.29) is 0 Å². The van der Waals surface area contributed by atoms with Crippen LogP contribution in [0, 0.1) is 0 Å². The molecule has 0 N–H and O–H groups in total. The molecule has 0 aromatic carbocycles. The van der Waals surface area contributed by atoms with Gasteiger partial charge in [0.25, 0.3) is 0 Å². The van der Waals surface area contributed by atoms with Crippen molar-refractivity contribution in [2.45, 2.75) is 90.9 Å². The Morgan fingerprint density at radius 3 is 1.56 bits per heavy atom. The molecule has 0 heterocycles. The fraction of sp³-hybridized carbons (Fsp3) is 0.882. The summed E-state index contributed by atoms with van der Waals surface area (Å²) in [5, 5.41) is 0. The molecule has 0 spiro atoms. The van der Waals surface area contributed by atoms with Crippen molar-refractivity contribution in [3.8, 4) is 0 Å². The van der Waals surface area contributed by atoms with Gasteiger partial charge < -0.3 is 4.74 Å². The van der Waals surface area contributed by atoms with Gasteiger partial charge in [-0.1, -0.05) is 65.2 Å². The van der Waals surface area contributed by atoms with E-state index < -0.39 is 0 Å². The van der Waals surface area contributed by atoms with Crippen molar-refractivity contribution in [2.24, 2.45) is 0 Å². The van der Waals surface area contributed by atoms with Gasteiger partial charge in [-0.25, -0.2) is 0 Å². The summed E-state index contributed by atoms with van der Waals surface area (Å²) in [6, 6.07) is 0. The summed E-state index contributed by atoms with van der Waals surface area (Å²) < 4.78 is 5.20. The van der Waals surface area contributed by atoms with Crippen LogP contribution in [0.25, 0.3) is 0 Å². The minimum atomic E-state index is 1.24. The molecule has 0 rings (SSSR count). The zero-order chi connectivity index (χ0) is 13.5. The number of allylic oxidation sites excluding steroid dienone is 1. The third-order valence-corrected chi connectivity index (χ3v) is 3.49. The monoisotopic (exact) mass is 254 g/mol.